The summed E-state index contributed by atoms with van der Waals surface area (Å²) in [6, 6.07) is 0.355. The van der Waals surface area contributed by atoms with Crippen molar-refractivity contribution in [1.82, 2.24) is 15.5 Å². The van der Waals surface area contributed by atoms with Crippen molar-refractivity contribution < 1.29 is 4.79 Å². The lowest BCUT2D eigenvalue weighted by Gasteiger charge is -2.24. The molecule has 21 heavy (non-hydrogen) atoms. The van der Waals surface area contributed by atoms with Gasteiger partial charge in [0, 0.05) is 12.6 Å². The molecule has 0 aromatic carbocycles. The lowest BCUT2D eigenvalue weighted by molar-refractivity contribution is -0.121. The molecule has 2 N–H and O–H groups in total. The van der Waals surface area contributed by atoms with Crippen LogP contribution in [0.1, 0.15) is 39.0 Å². The summed E-state index contributed by atoms with van der Waals surface area (Å²) in [6.07, 6.45) is 7.73. The van der Waals surface area contributed by atoms with Crippen LogP contribution in [0.5, 0.6) is 0 Å². The van der Waals surface area contributed by atoms with E-state index in [1.165, 1.54) is 42.4 Å². The summed E-state index contributed by atoms with van der Waals surface area (Å²) >= 11 is 2.93. The van der Waals surface area contributed by atoms with Crippen LogP contribution in [-0.4, -0.2) is 33.9 Å². The number of hydrogen-bond acceptors (Lipinski definition) is 6. The fourth-order valence-corrected chi connectivity index (χ4v) is 4.17. The molecule has 1 aromatic rings. The fraction of sp³-hybridized carbons (Fsp3) is 0.643. The van der Waals surface area contributed by atoms with Gasteiger partial charge in [0.15, 0.2) is 4.34 Å². The summed E-state index contributed by atoms with van der Waals surface area (Å²) in [4.78, 5) is 12.2. The van der Waals surface area contributed by atoms with E-state index in [0.717, 1.165) is 22.3 Å². The first-order chi connectivity index (χ1) is 10.2. The molecule has 1 aromatic heterocycles. The highest BCUT2D eigenvalue weighted by Gasteiger charge is 2.21. The van der Waals surface area contributed by atoms with Crippen LogP contribution in [0.25, 0.3) is 0 Å². The molecular formula is C14H22N4OS2. The molecule has 116 valence electrons. The van der Waals surface area contributed by atoms with Crippen molar-refractivity contribution in [2.75, 3.05) is 11.9 Å². The SMILES string of the molecule is C=CCNc1nnc(SC(C)C(=O)NC2CCCCC2)s1. The molecule has 1 unspecified atom stereocenters. The lowest BCUT2D eigenvalue weighted by atomic mass is 9.95. The molecule has 0 bridgehead atoms. The van der Waals surface area contributed by atoms with Crippen molar-refractivity contribution in [3.05, 3.63) is 12.7 Å². The van der Waals surface area contributed by atoms with Crippen LogP contribution in [0.2, 0.25) is 0 Å². The van der Waals surface area contributed by atoms with Gasteiger partial charge in [-0.2, -0.15) is 0 Å². The molecule has 2 rings (SSSR count). The number of carbonyl (C=O) groups excluding carboxylic acids is 1. The second kappa shape index (κ2) is 8.38. The average Bonchev–Trinajstić information content (AvgIpc) is 2.93. The minimum Gasteiger partial charge on any atom is -0.357 e. The number of anilines is 1. The van der Waals surface area contributed by atoms with E-state index in [1.54, 1.807) is 6.08 Å². The maximum atomic E-state index is 12.2. The Hall–Kier alpha value is -1.08. The summed E-state index contributed by atoms with van der Waals surface area (Å²) in [5.74, 6) is 0.0997. The van der Waals surface area contributed by atoms with Gasteiger partial charge in [-0.3, -0.25) is 4.79 Å². The molecule has 0 saturated heterocycles. The Balaban J connectivity index is 1.79. The molecule has 0 spiro atoms. The van der Waals surface area contributed by atoms with E-state index >= 15 is 0 Å². The van der Waals surface area contributed by atoms with Crippen molar-refractivity contribution >= 4 is 34.1 Å². The molecule has 1 atom stereocenters. The van der Waals surface area contributed by atoms with Crippen molar-refractivity contribution in [3.63, 3.8) is 0 Å². The minimum absolute atomic E-state index is 0.0997. The fourth-order valence-electron chi connectivity index (χ4n) is 2.26. The Bertz CT molecular complexity index is 471. The number of thioether (sulfide) groups is 1. The molecule has 1 saturated carbocycles. The number of nitrogens with one attached hydrogen (secondary N) is 2. The average molecular weight is 326 g/mol. The Morgan fingerprint density at radius 1 is 1.48 bits per heavy atom. The normalized spacial score (nSPS) is 17.2. The first-order valence-electron chi connectivity index (χ1n) is 7.34. The van der Waals surface area contributed by atoms with E-state index in [4.69, 9.17) is 0 Å². The predicted octanol–water partition coefficient (Wildman–Crippen LogP) is 3.07. The van der Waals surface area contributed by atoms with Crippen LogP contribution in [-0.2, 0) is 4.79 Å². The van der Waals surface area contributed by atoms with Gasteiger partial charge >= 0.3 is 0 Å². The highest BCUT2D eigenvalue weighted by Crippen LogP contribution is 2.29. The van der Waals surface area contributed by atoms with Gasteiger partial charge in [-0.15, -0.1) is 16.8 Å². The molecule has 5 nitrogen and oxygen atoms in total. The number of nitrogens with zero attached hydrogens (tertiary/aromatic N) is 2. The Morgan fingerprint density at radius 2 is 2.24 bits per heavy atom. The Kier molecular flexibility index (Phi) is 6.50. The van der Waals surface area contributed by atoms with Crippen LogP contribution >= 0.6 is 23.1 Å². The van der Waals surface area contributed by atoms with E-state index in [1.807, 2.05) is 6.92 Å². The van der Waals surface area contributed by atoms with Gasteiger partial charge in [0.2, 0.25) is 11.0 Å². The second-order valence-corrected chi connectivity index (χ2v) is 7.71. The third-order valence-electron chi connectivity index (χ3n) is 3.40. The third kappa shape index (κ3) is 5.32. The zero-order valence-corrected chi connectivity index (χ0v) is 13.9. The Labute approximate surface area is 134 Å². The molecule has 1 amide bonds. The van der Waals surface area contributed by atoms with Gasteiger partial charge < -0.3 is 10.6 Å². The van der Waals surface area contributed by atoms with Crippen LogP contribution in [0.4, 0.5) is 5.13 Å². The van der Waals surface area contributed by atoms with E-state index in [2.05, 4.69) is 27.4 Å². The smallest absolute Gasteiger partial charge is 0.233 e. The van der Waals surface area contributed by atoms with Crippen molar-refractivity contribution in [2.24, 2.45) is 0 Å². The van der Waals surface area contributed by atoms with Crippen molar-refractivity contribution in [2.45, 2.75) is 54.7 Å². The monoisotopic (exact) mass is 326 g/mol. The molecule has 1 aliphatic carbocycles. The largest absolute Gasteiger partial charge is 0.357 e. The quantitative estimate of drug-likeness (QED) is 0.595. The van der Waals surface area contributed by atoms with E-state index in [-0.39, 0.29) is 11.2 Å². The summed E-state index contributed by atoms with van der Waals surface area (Å²) in [5, 5.41) is 15.0. The molecule has 1 aliphatic rings. The number of hydrogen-bond donors (Lipinski definition) is 2. The predicted molar refractivity (Wildman–Crippen MR) is 88.9 cm³/mol. The summed E-state index contributed by atoms with van der Waals surface area (Å²) in [7, 11) is 0. The van der Waals surface area contributed by atoms with Crippen molar-refractivity contribution in [3.8, 4) is 0 Å². The van der Waals surface area contributed by atoms with Gasteiger partial charge in [-0.25, -0.2) is 0 Å². The highest BCUT2D eigenvalue weighted by molar-refractivity contribution is 8.02. The second-order valence-electron chi connectivity index (χ2n) is 5.15. The van der Waals surface area contributed by atoms with E-state index < -0.39 is 0 Å². The van der Waals surface area contributed by atoms with Crippen molar-refractivity contribution in [1.29, 1.82) is 0 Å². The van der Waals surface area contributed by atoms with Crippen LogP contribution in [0.3, 0.4) is 0 Å². The van der Waals surface area contributed by atoms with Crippen LogP contribution < -0.4 is 10.6 Å². The summed E-state index contributed by atoms with van der Waals surface area (Å²) in [6.45, 7) is 6.23. The Morgan fingerprint density at radius 3 is 2.95 bits per heavy atom. The first-order valence-corrected chi connectivity index (χ1v) is 9.04. The molecule has 7 heteroatoms. The zero-order valence-electron chi connectivity index (χ0n) is 12.3. The van der Waals surface area contributed by atoms with Gasteiger partial charge in [-0.1, -0.05) is 48.4 Å². The van der Waals surface area contributed by atoms with E-state index in [0.29, 0.717) is 12.6 Å². The molecule has 0 radical (unpaired) electrons. The van der Waals surface area contributed by atoms with Crippen LogP contribution in [0, 0.1) is 0 Å². The van der Waals surface area contributed by atoms with Crippen LogP contribution in [0.15, 0.2) is 17.0 Å². The molecule has 1 heterocycles. The minimum atomic E-state index is -0.146. The number of aromatic nitrogens is 2. The maximum Gasteiger partial charge on any atom is 0.233 e. The zero-order chi connectivity index (χ0) is 15.1. The number of carbonyl (C=O) groups is 1. The summed E-state index contributed by atoms with van der Waals surface area (Å²) in [5.41, 5.74) is 0. The first kappa shape index (κ1) is 16.3. The van der Waals surface area contributed by atoms with Gasteiger partial charge in [0.05, 0.1) is 5.25 Å². The maximum absolute atomic E-state index is 12.2. The topological polar surface area (TPSA) is 66.9 Å². The van der Waals surface area contributed by atoms with Gasteiger partial charge in [0.25, 0.3) is 0 Å². The third-order valence-corrected chi connectivity index (χ3v) is 5.47. The molecular weight excluding hydrogens is 304 g/mol. The van der Waals surface area contributed by atoms with Gasteiger partial charge in [0.1, 0.15) is 0 Å². The molecule has 0 aliphatic heterocycles. The standard InChI is InChI=1S/C14H22N4OS2/c1-3-9-15-13-17-18-14(21-13)20-10(2)12(19)16-11-7-5-4-6-8-11/h3,10-11H,1,4-9H2,2H3,(H,15,17)(H,16,19). The highest BCUT2D eigenvalue weighted by atomic mass is 32.2. The number of rotatable bonds is 7. The van der Waals surface area contributed by atoms with E-state index in [9.17, 15) is 4.79 Å². The summed E-state index contributed by atoms with van der Waals surface area (Å²) < 4.78 is 0.813. The number of amides is 1. The lowest BCUT2D eigenvalue weighted by Crippen LogP contribution is -2.40. The van der Waals surface area contributed by atoms with Gasteiger partial charge in [-0.05, 0) is 19.8 Å². The molecule has 1 fully saturated rings.